The summed E-state index contributed by atoms with van der Waals surface area (Å²) in [6, 6.07) is 18.1. The van der Waals surface area contributed by atoms with Gasteiger partial charge >= 0.3 is 0 Å². The van der Waals surface area contributed by atoms with Crippen LogP contribution in [0.3, 0.4) is 0 Å². The first-order chi connectivity index (χ1) is 23.2. The third-order valence-corrected chi connectivity index (χ3v) is 6.73. The SMILES string of the molecule is O=CC1=C/C(=N/Nc2ccc([N+](=O)[O-])cc2)c2cccnc2C1=O.O=CC1=C/C(=N/Nc2ccc([N+](=O)[O-])cc2)c2cccnc2C1=O.[Ni]. The Morgan fingerprint density at radius 3 is 1.31 bits per heavy atom. The summed E-state index contributed by atoms with van der Waals surface area (Å²) in [7, 11) is 0. The van der Waals surface area contributed by atoms with Crippen LogP contribution in [0.15, 0.2) is 119 Å². The molecule has 0 radical (unpaired) electrons. The molecule has 49 heavy (non-hydrogen) atoms. The number of nitro benzene ring substituents is 2. The first kappa shape index (κ1) is 35.0. The first-order valence-corrected chi connectivity index (χ1v) is 13.7. The molecule has 0 saturated carbocycles. The number of nitro groups is 2. The van der Waals surface area contributed by atoms with Crippen molar-refractivity contribution in [3.8, 4) is 0 Å². The molecule has 0 amide bonds. The van der Waals surface area contributed by atoms with Crippen LogP contribution >= 0.6 is 0 Å². The van der Waals surface area contributed by atoms with E-state index >= 15 is 0 Å². The monoisotopic (exact) mass is 702 g/mol. The van der Waals surface area contributed by atoms with Crippen LogP contribution in [0, 0.1) is 20.2 Å². The van der Waals surface area contributed by atoms with E-state index in [2.05, 4.69) is 31.0 Å². The summed E-state index contributed by atoms with van der Waals surface area (Å²) >= 11 is 0. The average Bonchev–Trinajstić information content (AvgIpc) is 3.12. The van der Waals surface area contributed by atoms with Crippen LogP contribution in [0.5, 0.6) is 0 Å². The van der Waals surface area contributed by atoms with Crippen LogP contribution in [0.25, 0.3) is 0 Å². The summed E-state index contributed by atoms with van der Waals surface area (Å²) in [5, 5.41) is 29.6. The second-order valence-electron chi connectivity index (χ2n) is 9.72. The number of benzene rings is 2. The molecule has 0 unspecified atom stereocenters. The van der Waals surface area contributed by atoms with E-state index in [0.717, 1.165) is 0 Å². The van der Waals surface area contributed by atoms with Gasteiger partial charge in [0, 0.05) is 64.3 Å². The Morgan fingerprint density at radius 1 is 0.612 bits per heavy atom. The van der Waals surface area contributed by atoms with Gasteiger partial charge in [-0.3, -0.25) is 60.2 Å². The third-order valence-electron chi connectivity index (χ3n) is 6.73. The van der Waals surface area contributed by atoms with Crippen LogP contribution in [0.1, 0.15) is 32.1 Å². The van der Waals surface area contributed by atoms with E-state index in [9.17, 15) is 39.4 Å². The van der Waals surface area contributed by atoms with Gasteiger partial charge in [-0.05, 0) is 60.7 Å². The normalized spacial score (nSPS) is 14.4. The number of pyridine rings is 2. The van der Waals surface area contributed by atoms with Crippen molar-refractivity contribution in [3.05, 3.63) is 151 Å². The van der Waals surface area contributed by atoms with Crippen LogP contribution in [-0.4, -0.2) is 55.4 Å². The number of aldehydes is 2. The Balaban J connectivity index is 0.000000216. The van der Waals surface area contributed by atoms with Crippen molar-refractivity contribution in [2.75, 3.05) is 10.9 Å². The predicted molar refractivity (Wildman–Crippen MR) is 172 cm³/mol. The van der Waals surface area contributed by atoms with Gasteiger partial charge in [-0.2, -0.15) is 10.2 Å². The minimum Gasteiger partial charge on any atom is -0.298 e. The fourth-order valence-electron chi connectivity index (χ4n) is 4.37. The number of hydrogen-bond donors (Lipinski definition) is 2. The standard InChI is InChI=1S/2C16H10N4O4.Ni/c2*21-9-10-8-14(13-2-1-7-17-15(13)16(10)22)19-18-11-3-5-12(6-4-11)20(23)24;/h2*1-9,18H;/b2*19-14-;. The van der Waals surface area contributed by atoms with Crippen LogP contribution in [0.2, 0.25) is 0 Å². The molecule has 2 aromatic heterocycles. The number of nitrogens with one attached hydrogen (secondary N) is 2. The van der Waals surface area contributed by atoms with E-state index in [1.807, 2.05) is 0 Å². The number of nitrogens with zero attached hydrogens (tertiary/aromatic N) is 6. The second-order valence-corrected chi connectivity index (χ2v) is 9.72. The number of Topliss-reactive ketones (excluding diaryl/α,β-unsaturated/α-hetero) is 2. The molecular formula is C32H20N8NiO8. The molecule has 0 aliphatic heterocycles. The second kappa shape index (κ2) is 15.6. The maximum atomic E-state index is 12.1. The zero-order valence-electron chi connectivity index (χ0n) is 24.7. The topological polar surface area (TPSA) is 229 Å². The molecule has 0 bridgehead atoms. The van der Waals surface area contributed by atoms with Gasteiger partial charge in [0.15, 0.2) is 12.6 Å². The van der Waals surface area contributed by atoms with Crippen LogP contribution < -0.4 is 10.9 Å². The number of ketones is 2. The molecule has 16 nitrogen and oxygen atoms in total. The smallest absolute Gasteiger partial charge is 0.269 e. The Bertz CT molecular complexity index is 1960. The molecule has 4 aromatic rings. The maximum Gasteiger partial charge on any atom is 0.269 e. The third kappa shape index (κ3) is 7.93. The van der Waals surface area contributed by atoms with Gasteiger partial charge < -0.3 is 0 Å². The Labute approximate surface area is 285 Å². The molecule has 0 spiro atoms. The van der Waals surface area contributed by atoms with E-state index in [1.165, 1.54) is 73.1 Å². The molecule has 2 heterocycles. The van der Waals surface area contributed by atoms with Gasteiger partial charge in [-0.1, -0.05) is 0 Å². The molecule has 0 saturated heterocycles. The van der Waals surface area contributed by atoms with Gasteiger partial charge in [0.25, 0.3) is 11.4 Å². The molecule has 2 aromatic carbocycles. The predicted octanol–water partition coefficient (Wildman–Crippen LogP) is 4.25. The summed E-state index contributed by atoms with van der Waals surface area (Å²) < 4.78 is 0. The minimum absolute atomic E-state index is 0. The van der Waals surface area contributed by atoms with E-state index < -0.39 is 21.4 Å². The quantitative estimate of drug-likeness (QED) is 0.0863. The average molecular weight is 703 g/mol. The molecule has 6 rings (SSSR count). The van der Waals surface area contributed by atoms with Gasteiger partial charge in [0.05, 0.1) is 43.8 Å². The Morgan fingerprint density at radius 2 is 0.980 bits per heavy atom. The molecule has 2 aliphatic carbocycles. The number of hydrogen-bond acceptors (Lipinski definition) is 14. The van der Waals surface area contributed by atoms with Crippen LogP contribution in [0.4, 0.5) is 22.7 Å². The van der Waals surface area contributed by atoms with Crippen molar-refractivity contribution in [3.63, 3.8) is 0 Å². The van der Waals surface area contributed by atoms with Gasteiger partial charge in [-0.25, -0.2) is 0 Å². The largest absolute Gasteiger partial charge is 0.298 e. The molecule has 17 heteroatoms. The van der Waals surface area contributed by atoms with Crippen molar-refractivity contribution in [1.29, 1.82) is 0 Å². The number of anilines is 2. The molecule has 246 valence electrons. The fraction of sp³-hybridized carbons (Fsp3) is 0. The van der Waals surface area contributed by atoms with E-state index in [4.69, 9.17) is 0 Å². The van der Waals surface area contributed by atoms with E-state index in [0.29, 0.717) is 46.5 Å². The summed E-state index contributed by atoms with van der Waals surface area (Å²) in [6.07, 6.45) is 6.59. The van der Waals surface area contributed by atoms with E-state index in [-0.39, 0.29) is 50.4 Å². The number of rotatable bonds is 8. The number of carbonyl (C=O) groups is 4. The number of carbonyl (C=O) groups excluding carboxylic acids is 4. The summed E-state index contributed by atoms with van der Waals surface area (Å²) in [5.41, 5.74) is 8.47. The summed E-state index contributed by atoms with van der Waals surface area (Å²) in [6.45, 7) is 0. The van der Waals surface area contributed by atoms with Gasteiger partial charge in [-0.15, -0.1) is 0 Å². The molecule has 0 fully saturated rings. The van der Waals surface area contributed by atoms with Gasteiger partial charge in [0.1, 0.15) is 11.4 Å². The minimum atomic E-state index is -0.497. The van der Waals surface area contributed by atoms with Gasteiger partial charge in [0.2, 0.25) is 11.6 Å². The molecule has 2 aliphatic rings. The number of aromatic nitrogens is 2. The molecule has 0 atom stereocenters. The Kier molecular flexibility index (Phi) is 11.2. The summed E-state index contributed by atoms with van der Waals surface area (Å²) in [5.74, 6) is -0.898. The fourth-order valence-corrected chi connectivity index (χ4v) is 4.37. The molecular weight excluding hydrogens is 683 g/mol. The zero-order valence-corrected chi connectivity index (χ0v) is 25.6. The Hall–Kier alpha value is -6.87. The number of fused-ring (bicyclic) bond motifs is 2. The summed E-state index contributed by atoms with van der Waals surface area (Å²) in [4.78, 5) is 74.5. The number of allylic oxidation sites excluding steroid dienone is 4. The zero-order chi connectivity index (χ0) is 34.2. The van der Waals surface area contributed by atoms with Crippen molar-refractivity contribution in [1.82, 2.24) is 9.97 Å². The van der Waals surface area contributed by atoms with Crippen molar-refractivity contribution in [2.24, 2.45) is 10.2 Å². The number of hydrazone groups is 2. The van der Waals surface area contributed by atoms with E-state index in [1.54, 1.807) is 24.3 Å². The molecule has 2 N–H and O–H groups in total. The van der Waals surface area contributed by atoms with Crippen LogP contribution in [-0.2, 0) is 26.1 Å². The van der Waals surface area contributed by atoms with Crippen molar-refractivity contribution in [2.45, 2.75) is 0 Å². The first-order valence-electron chi connectivity index (χ1n) is 13.7. The number of non-ortho nitro benzene ring substituents is 2. The van der Waals surface area contributed by atoms with Crippen molar-refractivity contribution >= 4 is 58.3 Å². The maximum absolute atomic E-state index is 12.1. The van der Waals surface area contributed by atoms with Crippen molar-refractivity contribution < 1.29 is 45.5 Å².